The second kappa shape index (κ2) is 5.58. The summed E-state index contributed by atoms with van der Waals surface area (Å²) in [4.78, 5) is 0. The van der Waals surface area contributed by atoms with Crippen molar-refractivity contribution in [2.75, 3.05) is 0 Å². The van der Waals surface area contributed by atoms with Crippen LogP contribution in [-0.2, 0) is 6.42 Å². The molecule has 3 rings (SSSR count). The third-order valence-electron chi connectivity index (χ3n) is 4.00. The lowest BCUT2D eigenvalue weighted by atomic mass is 10.0. The van der Waals surface area contributed by atoms with Crippen LogP contribution in [0.2, 0.25) is 0 Å². The van der Waals surface area contributed by atoms with Crippen LogP contribution >= 0.6 is 15.9 Å². The maximum absolute atomic E-state index is 9.55. The predicted octanol–water partition coefficient (Wildman–Crippen LogP) is 4.49. The molecule has 0 radical (unpaired) electrons. The number of fused-ring (bicyclic) bond motifs is 1. The highest BCUT2D eigenvalue weighted by molar-refractivity contribution is 9.10. The van der Waals surface area contributed by atoms with Crippen molar-refractivity contribution in [1.82, 2.24) is 5.32 Å². The van der Waals surface area contributed by atoms with E-state index in [1.165, 1.54) is 16.7 Å². The summed E-state index contributed by atoms with van der Waals surface area (Å²) in [7, 11) is 0. The Morgan fingerprint density at radius 1 is 1.25 bits per heavy atom. The van der Waals surface area contributed by atoms with Gasteiger partial charge >= 0.3 is 0 Å². The van der Waals surface area contributed by atoms with Gasteiger partial charge in [-0.05, 0) is 60.7 Å². The van der Waals surface area contributed by atoms with E-state index in [9.17, 15) is 5.11 Å². The first-order chi connectivity index (χ1) is 9.63. The summed E-state index contributed by atoms with van der Waals surface area (Å²) >= 11 is 3.52. The summed E-state index contributed by atoms with van der Waals surface area (Å²) in [5.41, 5.74) is 3.88. The molecule has 0 bridgehead atoms. The zero-order valence-corrected chi connectivity index (χ0v) is 13.0. The molecular weight excluding hydrogens is 314 g/mol. The molecule has 0 saturated heterocycles. The second-order valence-corrected chi connectivity index (χ2v) is 6.33. The number of nitrogens with one attached hydrogen (secondary N) is 1. The Morgan fingerprint density at radius 3 is 2.90 bits per heavy atom. The first-order valence-corrected chi connectivity index (χ1v) is 7.76. The van der Waals surface area contributed by atoms with Gasteiger partial charge in [-0.3, -0.25) is 0 Å². The van der Waals surface area contributed by atoms with Gasteiger partial charge in [0.2, 0.25) is 0 Å². The van der Waals surface area contributed by atoms with E-state index in [0.717, 1.165) is 17.3 Å². The summed E-state index contributed by atoms with van der Waals surface area (Å²) in [5.74, 6) is 0.365. The van der Waals surface area contributed by atoms with Crippen molar-refractivity contribution in [2.45, 2.75) is 31.8 Å². The average Bonchev–Trinajstić information content (AvgIpc) is 2.81. The van der Waals surface area contributed by atoms with Crippen molar-refractivity contribution in [3.8, 4) is 5.75 Å². The van der Waals surface area contributed by atoms with Crippen LogP contribution in [0.3, 0.4) is 0 Å². The van der Waals surface area contributed by atoms with Crippen molar-refractivity contribution >= 4 is 15.9 Å². The fourth-order valence-electron chi connectivity index (χ4n) is 2.95. The molecule has 0 aromatic heterocycles. The van der Waals surface area contributed by atoms with Crippen LogP contribution in [0, 0.1) is 0 Å². The average molecular weight is 332 g/mol. The normalized spacial score (nSPS) is 18.8. The minimum absolute atomic E-state index is 0.303. The molecule has 0 aliphatic heterocycles. The lowest BCUT2D eigenvalue weighted by Crippen LogP contribution is -2.22. The minimum Gasteiger partial charge on any atom is -0.508 e. The molecular formula is C17H18BrNO. The number of halogens is 1. The third kappa shape index (κ3) is 2.74. The Kier molecular flexibility index (Phi) is 3.81. The monoisotopic (exact) mass is 331 g/mol. The molecule has 0 heterocycles. The van der Waals surface area contributed by atoms with Gasteiger partial charge in [-0.25, -0.2) is 0 Å². The van der Waals surface area contributed by atoms with Crippen molar-refractivity contribution in [1.29, 1.82) is 0 Å². The number of rotatable bonds is 3. The minimum atomic E-state index is 0.303. The smallest absolute Gasteiger partial charge is 0.115 e. The van der Waals surface area contributed by atoms with E-state index >= 15 is 0 Å². The van der Waals surface area contributed by atoms with Gasteiger partial charge in [0.05, 0.1) is 0 Å². The summed E-state index contributed by atoms with van der Waals surface area (Å²) in [6, 6.07) is 14.8. The summed E-state index contributed by atoms with van der Waals surface area (Å²) in [5, 5.41) is 13.2. The van der Waals surface area contributed by atoms with E-state index in [4.69, 9.17) is 0 Å². The Morgan fingerprint density at radius 2 is 2.10 bits per heavy atom. The largest absolute Gasteiger partial charge is 0.508 e. The van der Waals surface area contributed by atoms with Gasteiger partial charge in [-0.15, -0.1) is 0 Å². The van der Waals surface area contributed by atoms with Gasteiger partial charge in [0.1, 0.15) is 5.75 Å². The van der Waals surface area contributed by atoms with Crippen LogP contribution in [-0.4, -0.2) is 5.11 Å². The molecule has 3 heteroatoms. The van der Waals surface area contributed by atoms with E-state index in [1.807, 2.05) is 18.2 Å². The van der Waals surface area contributed by atoms with Crippen LogP contribution < -0.4 is 5.32 Å². The van der Waals surface area contributed by atoms with E-state index in [0.29, 0.717) is 17.8 Å². The fourth-order valence-corrected chi connectivity index (χ4v) is 3.37. The van der Waals surface area contributed by atoms with Crippen molar-refractivity contribution in [3.63, 3.8) is 0 Å². The maximum atomic E-state index is 9.55. The summed E-state index contributed by atoms with van der Waals surface area (Å²) in [6.45, 7) is 2.19. The van der Waals surface area contributed by atoms with Gasteiger partial charge in [0.15, 0.2) is 0 Å². The van der Waals surface area contributed by atoms with Gasteiger partial charge < -0.3 is 10.4 Å². The highest BCUT2D eigenvalue weighted by Crippen LogP contribution is 2.35. The summed E-state index contributed by atoms with van der Waals surface area (Å²) in [6.07, 6.45) is 2.13. The number of hydrogen-bond acceptors (Lipinski definition) is 2. The van der Waals surface area contributed by atoms with Crippen LogP contribution in [0.1, 0.15) is 42.1 Å². The molecule has 1 aliphatic carbocycles. The van der Waals surface area contributed by atoms with Crippen LogP contribution in [0.15, 0.2) is 46.9 Å². The van der Waals surface area contributed by atoms with Gasteiger partial charge in [0, 0.05) is 16.6 Å². The number of benzene rings is 2. The molecule has 0 spiro atoms. The van der Waals surface area contributed by atoms with Crippen LogP contribution in [0.4, 0.5) is 0 Å². The predicted molar refractivity (Wildman–Crippen MR) is 84.9 cm³/mol. The topological polar surface area (TPSA) is 32.3 Å². The Balaban J connectivity index is 1.77. The molecule has 2 nitrogen and oxygen atoms in total. The molecule has 104 valence electrons. The van der Waals surface area contributed by atoms with Crippen LogP contribution in [0.25, 0.3) is 0 Å². The quantitative estimate of drug-likeness (QED) is 0.868. The second-order valence-electron chi connectivity index (χ2n) is 5.42. The molecule has 2 atom stereocenters. The van der Waals surface area contributed by atoms with Gasteiger partial charge in [0.25, 0.3) is 0 Å². The SMILES string of the molecule is C[C@H](NC1CCc2cc(O)ccc21)c1cccc(Br)c1. The molecule has 1 unspecified atom stereocenters. The zero-order chi connectivity index (χ0) is 14.1. The molecule has 0 saturated carbocycles. The van der Waals surface area contributed by atoms with Crippen molar-refractivity contribution in [3.05, 3.63) is 63.6 Å². The lowest BCUT2D eigenvalue weighted by Gasteiger charge is -2.21. The maximum Gasteiger partial charge on any atom is 0.115 e. The van der Waals surface area contributed by atoms with E-state index in [1.54, 1.807) is 6.07 Å². The molecule has 1 aliphatic rings. The molecule has 2 aromatic carbocycles. The molecule has 20 heavy (non-hydrogen) atoms. The highest BCUT2D eigenvalue weighted by Gasteiger charge is 2.24. The number of phenolic OH excluding ortho intramolecular Hbond substituents is 1. The Bertz CT molecular complexity index is 626. The molecule has 2 N–H and O–H groups in total. The Labute approximate surface area is 128 Å². The van der Waals surface area contributed by atoms with Gasteiger partial charge in [-0.2, -0.15) is 0 Å². The zero-order valence-electron chi connectivity index (χ0n) is 11.4. The van der Waals surface area contributed by atoms with Crippen molar-refractivity contribution < 1.29 is 5.11 Å². The first-order valence-electron chi connectivity index (χ1n) is 6.97. The van der Waals surface area contributed by atoms with Crippen molar-refractivity contribution in [2.24, 2.45) is 0 Å². The first kappa shape index (κ1) is 13.7. The summed E-state index contributed by atoms with van der Waals surface area (Å²) < 4.78 is 1.11. The lowest BCUT2D eigenvalue weighted by molar-refractivity contribution is 0.464. The molecule has 2 aromatic rings. The Hall–Kier alpha value is -1.32. The molecule has 0 amide bonds. The van der Waals surface area contributed by atoms with E-state index in [2.05, 4.69) is 46.4 Å². The number of aromatic hydroxyl groups is 1. The number of aryl methyl sites for hydroxylation is 1. The fraction of sp³-hybridized carbons (Fsp3) is 0.294. The number of hydrogen-bond donors (Lipinski definition) is 2. The standard InChI is InChI=1S/C17H18BrNO/c1-11(12-3-2-4-14(18)9-12)19-17-8-5-13-10-15(20)6-7-16(13)17/h2-4,6-7,9-11,17,19-20H,5,8H2,1H3/t11-,17?/m0/s1. The van der Waals surface area contributed by atoms with E-state index in [-0.39, 0.29) is 0 Å². The van der Waals surface area contributed by atoms with E-state index < -0.39 is 0 Å². The highest BCUT2D eigenvalue weighted by atomic mass is 79.9. The van der Waals surface area contributed by atoms with Crippen LogP contribution in [0.5, 0.6) is 5.75 Å². The molecule has 0 fully saturated rings. The third-order valence-corrected chi connectivity index (χ3v) is 4.50. The van der Waals surface area contributed by atoms with Gasteiger partial charge in [-0.1, -0.05) is 34.1 Å². The number of phenols is 1.